The first-order valence-electron chi connectivity index (χ1n) is 7.49. The summed E-state index contributed by atoms with van der Waals surface area (Å²) in [6, 6.07) is 9.13. The maximum atomic E-state index is 12.5. The molecule has 0 N–H and O–H groups in total. The minimum atomic E-state index is -0.465. The minimum Gasteiger partial charge on any atom is -0.351 e. The van der Waals surface area contributed by atoms with Gasteiger partial charge in [-0.3, -0.25) is 14.5 Å². The van der Waals surface area contributed by atoms with Crippen LogP contribution < -0.4 is 0 Å². The lowest BCUT2D eigenvalue weighted by Crippen LogP contribution is -2.58. The summed E-state index contributed by atoms with van der Waals surface area (Å²) < 4.78 is 5.74. The highest BCUT2D eigenvalue weighted by atomic mass is 16.5. The van der Waals surface area contributed by atoms with Crippen LogP contribution in [-0.2, 0) is 14.3 Å². The number of amides is 2. The number of fused-ring (bicyclic) bond motifs is 1. The predicted molar refractivity (Wildman–Crippen MR) is 77.3 cm³/mol. The Balaban J connectivity index is 1.79. The summed E-state index contributed by atoms with van der Waals surface area (Å²) in [7, 11) is 0. The number of carbonyl (C=O) groups excluding carboxylic acids is 2. The number of hydrogen-bond donors (Lipinski definition) is 0. The molecule has 2 aliphatic rings. The van der Waals surface area contributed by atoms with Gasteiger partial charge in [0, 0.05) is 12.1 Å². The van der Waals surface area contributed by atoms with Gasteiger partial charge in [0.05, 0.1) is 13.2 Å². The Morgan fingerprint density at radius 2 is 2.00 bits per heavy atom. The number of benzene rings is 1. The largest absolute Gasteiger partial charge is 0.351 e. The highest BCUT2D eigenvalue weighted by Crippen LogP contribution is 2.33. The van der Waals surface area contributed by atoms with E-state index in [1.54, 1.807) is 9.80 Å². The van der Waals surface area contributed by atoms with Crippen molar-refractivity contribution in [2.75, 3.05) is 19.7 Å². The molecular formula is C16H20N2O3. The summed E-state index contributed by atoms with van der Waals surface area (Å²) in [5, 5.41) is 0. The Kier molecular flexibility index (Phi) is 3.92. The molecule has 112 valence electrons. The van der Waals surface area contributed by atoms with Crippen molar-refractivity contribution in [2.45, 2.75) is 32.0 Å². The number of ether oxygens (including phenoxy) is 1. The number of nitrogens with zero attached hydrogens (tertiary/aromatic N) is 2. The zero-order valence-electron chi connectivity index (χ0n) is 12.2. The lowest BCUT2D eigenvalue weighted by Gasteiger charge is -2.37. The van der Waals surface area contributed by atoms with Crippen LogP contribution in [0.1, 0.15) is 31.6 Å². The molecule has 2 saturated heterocycles. The fraction of sp³-hybridized carbons (Fsp3) is 0.500. The molecule has 2 fully saturated rings. The topological polar surface area (TPSA) is 49.9 Å². The molecule has 2 heterocycles. The molecule has 3 rings (SSSR count). The van der Waals surface area contributed by atoms with Crippen LogP contribution in [0.4, 0.5) is 0 Å². The van der Waals surface area contributed by atoms with Crippen LogP contribution in [0.15, 0.2) is 30.3 Å². The summed E-state index contributed by atoms with van der Waals surface area (Å²) in [6.07, 6.45) is 1.51. The summed E-state index contributed by atoms with van der Waals surface area (Å²) in [5.41, 5.74) is 0.920. The Bertz CT molecular complexity index is 532. The standard InChI is InChI=1S/C16H20N2O3/c1-2-3-9-17-10-14(19)18-13(15(17)20)11-21-16(18)12-7-5-4-6-8-12/h4-8,13,16H,2-3,9-11H2,1H3/t13-,16+/m1/s1. The van der Waals surface area contributed by atoms with Crippen LogP contribution >= 0.6 is 0 Å². The van der Waals surface area contributed by atoms with Crippen molar-refractivity contribution in [1.29, 1.82) is 0 Å². The molecule has 0 spiro atoms. The van der Waals surface area contributed by atoms with Crippen molar-refractivity contribution in [3.63, 3.8) is 0 Å². The maximum absolute atomic E-state index is 12.5. The first-order valence-corrected chi connectivity index (χ1v) is 7.49. The van der Waals surface area contributed by atoms with Gasteiger partial charge in [0.25, 0.3) is 0 Å². The van der Waals surface area contributed by atoms with Crippen molar-refractivity contribution in [3.8, 4) is 0 Å². The molecule has 21 heavy (non-hydrogen) atoms. The lowest BCUT2D eigenvalue weighted by atomic mass is 10.1. The predicted octanol–water partition coefficient (Wildman–Crippen LogP) is 1.55. The van der Waals surface area contributed by atoms with E-state index in [2.05, 4.69) is 6.92 Å². The van der Waals surface area contributed by atoms with Gasteiger partial charge in [-0.15, -0.1) is 0 Å². The molecule has 1 aromatic carbocycles. The smallest absolute Gasteiger partial charge is 0.248 e. The zero-order chi connectivity index (χ0) is 14.8. The van der Waals surface area contributed by atoms with Crippen LogP contribution in [0.25, 0.3) is 0 Å². The van der Waals surface area contributed by atoms with Gasteiger partial charge in [0.1, 0.15) is 6.04 Å². The second-order valence-electron chi connectivity index (χ2n) is 5.53. The first kappa shape index (κ1) is 14.1. The van der Waals surface area contributed by atoms with E-state index in [-0.39, 0.29) is 25.0 Å². The summed E-state index contributed by atoms with van der Waals surface area (Å²) in [6.45, 7) is 3.18. The van der Waals surface area contributed by atoms with Crippen LogP contribution in [0, 0.1) is 0 Å². The third-order valence-corrected chi connectivity index (χ3v) is 4.08. The van der Waals surface area contributed by atoms with Crippen molar-refractivity contribution in [1.82, 2.24) is 9.80 Å². The Morgan fingerprint density at radius 1 is 1.24 bits per heavy atom. The Hall–Kier alpha value is -1.88. The lowest BCUT2D eigenvalue weighted by molar-refractivity contribution is -0.156. The quantitative estimate of drug-likeness (QED) is 0.844. The minimum absolute atomic E-state index is 0.0153. The van der Waals surface area contributed by atoms with Crippen molar-refractivity contribution in [3.05, 3.63) is 35.9 Å². The maximum Gasteiger partial charge on any atom is 0.248 e. The van der Waals surface area contributed by atoms with Gasteiger partial charge in [-0.2, -0.15) is 0 Å². The highest BCUT2D eigenvalue weighted by molar-refractivity contribution is 5.95. The Morgan fingerprint density at radius 3 is 2.71 bits per heavy atom. The SMILES string of the molecule is CCCCN1CC(=O)N2[C@H](CO[C@H]2c2ccccc2)C1=O. The molecule has 2 atom stereocenters. The molecule has 0 radical (unpaired) electrons. The molecule has 2 aliphatic heterocycles. The Labute approximate surface area is 124 Å². The van der Waals surface area contributed by atoms with Gasteiger partial charge >= 0.3 is 0 Å². The van der Waals surface area contributed by atoms with E-state index >= 15 is 0 Å². The van der Waals surface area contributed by atoms with Crippen LogP contribution in [0.2, 0.25) is 0 Å². The van der Waals surface area contributed by atoms with E-state index in [1.807, 2.05) is 30.3 Å². The van der Waals surface area contributed by atoms with Crippen molar-refractivity contribution in [2.24, 2.45) is 0 Å². The number of hydrogen-bond acceptors (Lipinski definition) is 3. The third kappa shape index (κ3) is 2.53. The zero-order valence-corrected chi connectivity index (χ0v) is 12.2. The van der Waals surface area contributed by atoms with E-state index in [9.17, 15) is 9.59 Å². The fourth-order valence-electron chi connectivity index (χ4n) is 2.95. The molecule has 0 unspecified atom stereocenters. The molecule has 0 bridgehead atoms. The molecule has 0 saturated carbocycles. The normalized spacial score (nSPS) is 25.4. The summed E-state index contributed by atoms with van der Waals surface area (Å²) in [5.74, 6) is -0.0106. The second kappa shape index (κ2) is 5.85. The van der Waals surface area contributed by atoms with Gasteiger partial charge in [0.15, 0.2) is 6.23 Å². The summed E-state index contributed by atoms with van der Waals surface area (Å²) >= 11 is 0. The van der Waals surface area contributed by atoms with Gasteiger partial charge in [0.2, 0.25) is 11.8 Å². The van der Waals surface area contributed by atoms with Crippen LogP contribution in [-0.4, -0.2) is 47.4 Å². The number of rotatable bonds is 4. The van der Waals surface area contributed by atoms with E-state index in [0.717, 1.165) is 18.4 Å². The van der Waals surface area contributed by atoms with Gasteiger partial charge < -0.3 is 9.64 Å². The average molecular weight is 288 g/mol. The van der Waals surface area contributed by atoms with Gasteiger partial charge in [-0.25, -0.2) is 0 Å². The molecule has 2 amide bonds. The van der Waals surface area contributed by atoms with Crippen LogP contribution in [0.5, 0.6) is 0 Å². The third-order valence-electron chi connectivity index (χ3n) is 4.08. The number of carbonyl (C=O) groups is 2. The van der Waals surface area contributed by atoms with Gasteiger partial charge in [-0.05, 0) is 6.42 Å². The molecule has 1 aromatic rings. The fourth-order valence-corrected chi connectivity index (χ4v) is 2.95. The summed E-state index contributed by atoms with van der Waals surface area (Å²) in [4.78, 5) is 28.2. The monoisotopic (exact) mass is 288 g/mol. The molecular weight excluding hydrogens is 268 g/mol. The number of piperazine rings is 1. The van der Waals surface area contributed by atoms with Gasteiger partial charge in [-0.1, -0.05) is 43.7 Å². The molecule has 5 heteroatoms. The molecule has 0 aromatic heterocycles. The molecule has 5 nitrogen and oxygen atoms in total. The van der Waals surface area contributed by atoms with Crippen molar-refractivity contribution >= 4 is 11.8 Å². The number of unbranched alkanes of at least 4 members (excludes halogenated alkanes) is 1. The first-order chi connectivity index (χ1) is 10.2. The highest BCUT2D eigenvalue weighted by Gasteiger charge is 2.47. The molecule has 0 aliphatic carbocycles. The van der Waals surface area contributed by atoms with E-state index in [4.69, 9.17) is 4.74 Å². The average Bonchev–Trinajstić information content (AvgIpc) is 2.96. The van der Waals surface area contributed by atoms with E-state index in [0.29, 0.717) is 6.54 Å². The van der Waals surface area contributed by atoms with E-state index in [1.165, 1.54) is 0 Å². The second-order valence-corrected chi connectivity index (χ2v) is 5.53. The van der Waals surface area contributed by atoms with E-state index < -0.39 is 12.3 Å². The van der Waals surface area contributed by atoms with Crippen molar-refractivity contribution < 1.29 is 14.3 Å². The van der Waals surface area contributed by atoms with Crippen LogP contribution in [0.3, 0.4) is 0 Å².